The average molecular weight is 300 g/mol. The number of ether oxygens (including phenoxy) is 1. The lowest BCUT2D eigenvalue weighted by Crippen LogP contribution is -2.25. The van der Waals surface area contributed by atoms with Crippen LogP contribution in [-0.2, 0) is 0 Å². The maximum absolute atomic E-state index is 6.07. The summed E-state index contributed by atoms with van der Waals surface area (Å²) in [6.07, 6.45) is 0. The van der Waals surface area contributed by atoms with E-state index in [0.717, 1.165) is 12.4 Å². The van der Waals surface area contributed by atoms with Crippen LogP contribution in [0.15, 0.2) is 78.9 Å². The normalized spacial score (nSPS) is 19.7. The second-order valence-corrected chi connectivity index (χ2v) is 6.25. The summed E-state index contributed by atoms with van der Waals surface area (Å²) in [4.78, 5) is 0. The first kappa shape index (κ1) is 14.1. The molecule has 2 unspecified atom stereocenters. The van der Waals surface area contributed by atoms with E-state index in [9.17, 15) is 0 Å². The van der Waals surface area contributed by atoms with E-state index in [-0.39, 0.29) is 0 Å². The molecule has 0 aromatic heterocycles. The van der Waals surface area contributed by atoms with Gasteiger partial charge in [0.05, 0.1) is 6.61 Å². The third kappa shape index (κ3) is 2.63. The van der Waals surface area contributed by atoms with Gasteiger partial charge in [0.15, 0.2) is 0 Å². The summed E-state index contributed by atoms with van der Waals surface area (Å²) in [5.74, 6) is 1.70. The molecule has 0 saturated heterocycles. The van der Waals surface area contributed by atoms with Crippen molar-refractivity contribution in [3.05, 3.63) is 101 Å². The number of benzene rings is 3. The molecule has 3 aromatic rings. The van der Waals surface area contributed by atoms with Crippen LogP contribution < -0.4 is 4.74 Å². The fraction of sp³-hybridized carbons (Fsp3) is 0.182. The molecule has 1 heteroatoms. The topological polar surface area (TPSA) is 9.23 Å². The minimum atomic E-state index is 0.336. The zero-order valence-corrected chi connectivity index (χ0v) is 13.3. The third-order valence-electron chi connectivity index (χ3n) is 4.74. The van der Waals surface area contributed by atoms with Gasteiger partial charge in [0.1, 0.15) is 5.75 Å². The highest BCUT2D eigenvalue weighted by molar-refractivity contribution is 5.47. The molecule has 0 N–H and O–H groups in total. The minimum absolute atomic E-state index is 0.336. The van der Waals surface area contributed by atoms with Gasteiger partial charge in [-0.3, -0.25) is 0 Å². The molecule has 1 nitrogen and oxygen atoms in total. The SMILES string of the molecule is Cc1ccc(C2c3ccccc3OCC2c2ccccc2)cc1. The molecule has 0 bridgehead atoms. The first-order valence-electron chi connectivity index (χ1n) is 8.16. The molecule has 0 radical (unpaired) electrons. The summed E-state index contributed by atoms with van der Waals surface area (Å²) in [6, 6.07) is 28.1. The van der Waals surface area contributed by atoms with Crippen molar-refractivity contribution in [3.8, 4) is 5.75 Å². The van der Waals surface area contributed by atoms with Crippen LogP contribution in [0.2, 0.25) is 0 Å². The van der Waals surface area contributed by atoms with E-state index >= 15 is 0 Å². The van der Waals surface area contributed by atoms with E-state index in [1.807, 2.05) is 6.07 Å². The van der Waals surface area contributed by atoms with Crippen LogP contribution in [0, 0.1) is 6.92 Å². The van der Waals surface area contributed by atoms with Gasteiger partial charge in [-0.05, 0) is 24.1 Å². The van der Waals surface area contributed by atoms with Gasteiger partial charge in [-0.1, -0.05) is 78.4 Å². The van der Waals surface area contributed by atoms with E-state index in [1.54, 1.807) is 0 Å². The van der Waals surface area contributed by atoms with Crippen molar-refractivity contribution >= 4 is 0 Å². The van der Waals surface area contributed by atoms with Crippen LogP contribution >= 0.6 is 0 Å². The number of rotatable bonds is 2. The van der Waals surface area contributed by atoms with Gasteiger partial charge in [-0.2, -0.15) is 0 Å². The molecule has 4 rings (SSSR count). The predicted molar refractivity (Wildman–Crippen MR) is 94.1 cm³/mol. The fourth-order valence-corrected chi connectivity index (χ4v) is 3.54. The molecule has 0 spiro atoms. The first-order valence-corrected chi connectivity index (χ1v) is 8.16. The van der Waals surface area contributed by atoms with Crippen LogP contribution in [0.3, 0.4) is 0 Å². The van der Waals surface area contributed by atoms with Gasteiger partial charge in [-0.15, -0.1) is 0 Å². The fourth-order valence-electron chi connectivity index (χ4n) is 3.54. The quantitative estimate of drug-likeness (QED) is 0.623. The van der Waals surface area contributed by atoms with Crippen molar-refractivity contribution in [1.29, 1.82) is 0 Å². The van der Waals surface area contributed by atoms with Crippen molar-refractivity contribution in [1.82, 2.24) is 0 Å². The van der Waals surface area contributed by atoms with Gasteiger partial charge in [0.25, 0.3) is 0 Å². The summed E-state index contributed by atoms with van der Waals surface area (Å²) < 4.78 is 6.07. The van der Waals surface area contributed by atoms with Crippen molar-refractivity contribution in [3.63, 3.8) is 0 Å². The molecular formula is C22H20O. The maximum Gasteiger partial charge on any atom is 0.123 e. The minimum Gasteiger partial charge on any atom is -0.493 e. The Bertz CT molecular complexity index is 790. The molecular weight excluding hydrogens is 280 g/mol. The number of para-hydroxylation sites is 1. The lowest BCUT2D eigenvalue weighted by molar-refractivity contribution is 0.249. The molecule has 0 saturated carbocycles. The van der Waals surface area contributed by atoms with Crippen LogP contribution in [0.1, 0.15) is 34.1 Å². The van der Waals surface area contributed by atoms with Crippen molar-refractivity contribution in [2.45, 2.75) is 18.8 Å². The molecule has 0 fully saturated rings. The summed E-state index contributed by atoms with van der Waals surface area (Å²) in [5.41, 5.74) is 5.29. The van der Waals surface area contributed by atoms with Crippen LogP contribution in [0.5, 0.6) is 5.75 Å². The Hall–Kier alpha value is -2.54. The summed E-state index contributed by atoms with van der Waals surface area (Å²) in [6.45, 7) is 2.86. The highest BCUT2D eigenvalue weighted by atomic mass is 16.5. The molecule has 114 valence electrons. The van der Waals surface area contributed by atoms with Gasteiger partial charge in [0, 0.05) is 17.4 Å². The Morgan fingerprint density at radius 1 is 0.739 bits per heavy atom. The smallest absolute Gasteiger partial charge is 0.123 e. The third-order valence-corrected chi connectivity index (χ3v) is 4.74. The molecule has 0 aliphatic carbocycles. The first-order chi connectivity index (χ1) is 11.3. The predicted octanol–water partition coefficient (Wildman–Crippen LogP) is 5.30. The molecule has 1 aliphatic rings. The Morgan fingerprint density at radius 2 is 1.43 bits per heavy atom. The summed E-state index contributed by atoms with van der Waals surface area (Å²) >= 11 is 0. The Morgan fingerprint density at radius 3 is 2.22 bits per heavy atom. The molecule has 1 aliphatic heterocycles. The highest BCUT2D eigenvalue weighted by Crippen LogP contribution is 2.45. The van der Waals surface area contributed by atoms with Crippen LogP contribution in [0.4, 0.5) is 0 Å². The van der Waals surface area contributed by atoms with Crippen molar-refractivity contribution in [2.75, 3.05) is 6.61 Å². The number of fused-ring (bicyclic) bond motifs is 1. The molecule has 0 amide bonds. The van der Waals surface area contributed by atoms with Crippen LogP contribution in [-0.4, -0.2) is 6.61 Å². The zero-order chi connectivity index (χ0) is 15.6. The summed E-state index contributed by atoms with van der Waals surface area (Å²) in [7, 11) is 0. The summed E-state index contributed by atoms with van der Waals surface area (Å²) in [5, 5.41) is 0. The second-order valence-electron chi connectivity index (χ2n) is 6.25. The average Bonchev–Trinajstić information content (AvgIpc) is 2.62. The number of hydrogen-bond acceptors (Lipinski definition) is 1. The van der Waals surface area contributed by atoms with Gasteiger partial charge < -0.3 is 4.74 Å². The number of aryl methyl sites for hydroxylation is 1. The molecule has 23 heavy (non-hydrogen) atoms. The second kappa shape index (κ2) is 5.92. The lowest BCUT2D eigenvalue weighted by atomic mass is 9.76. The van der Waals surface area contributed by atoms with Crippen LogP contribution in [0.25, 0.3) is 0 Å². The maximum atomic E-state index is 6.07. The molecule has 3 aromatic carbocycles. The lowest BCUT2D eigenvalue weighted by Gasteiger charge is -2.34. The van der Waals surface area contributed by atoms with Gasteiger partial charge >= 0.3 is 0 Å². The highest BCUT2D eigenvalue weighted by Gasteiger charge is 2.32. The van der Waals surface area contributed by atoms with Gasteiger partial charge in [0.2, 0.25) is 0 Å². The molecule has 1 heterocycles. The van der Waals surface area contributed by atoms with E-state index in [4.69, 9.17) is 4.74 Å². The van der Waals surface area contributed by atoms with E-state index in [2.05, 4.69) is 79.7 Å². The largest absolute Gasteiger partial charge is 0.493 e. The Kier molecular flexibility index (Phi) is 3.63. The van der Waals surface area contributed by atoms with Crippen molar-refractivity contribution in [2.24, 2.45) is 0 Å². The van der Waals surface area contributed by atoms with Gasteiger partial charge in [-0.25, -0.2) is 0 Å². The van der Waals surface area contributed by atoms with E-state index in [1.165, 1.54) is 22.3 Å². The number of hydrogen-bond donors (Lipinski definition) is 0. The standard InChI is InChI=1S/C22H20O/c1-16-11-13-18(14-12-16)22-19-9-5-6-10-21(19)23-15-20(22)17-7-3-2-4-8-17/h2-14,20,22H,15H2,1H3. The molecule has 2 atom stereocenters. The zero-order valence-electron chi connectivity index (χ0n) is 13.3. The van der Waals surface area contributed by atoms with E-state index in [0.29, 0.717) is 11.8 Å². The van der Waals surface area contributed by atoms with E-state index < -0.39 is 0 Å². The Labute approximate surface area is 137 Å². The monoisotopic (exact) mass is 300 g/mol. The Balaban J connectivity index is 1.85. The van der Waals surface area contributed by atoms with Crippen molar-refractivity contribution < 1.29 is 4.74 Å².